The minimum Gasteiger partial charge on any atom is -0.340 e. The minimum absolute atomic E-state index is 0.0584. The first-order valence-electron chi connectivity index (χ1n) is 7.75. The maximum Gasteiger partial charge on any atom is 0.252 e. The lowest BCUT2D eigenvalue weighted by Gasteiger charge is -2.35. The predicted octanol–water partition coefficient (Wildman–Crippen LogP) is 2.33. The molecule has 0 aromatic carbocycles. The Balaban J connectivity index is 2.01. The average Bonchev–Trinajstić information content (AvgIpc) is 2.96. The zero-order chi connectivity index (χ0) is 16.3. The van der Waals surface area contributed by atoms with Gasteiger partial charge in [0.2, 0.25) is 5.91 Å². The molecule has 1 aromatic heterocycles. The fourth-order valence-electron chi connectivity index (χ4n) is 2.72. The van der Waals surface area contributed by atoms with Gasteiger partial charge in [0.05, 0.1) is 0 Å². The van der Waals surface area contributed by atoms with E-state index < -0.39 is 10.0 Å². The Bertz CT molecular complexity index is 612. The van der Waals surface area contributed by atoms with Crippen LogP contribution >= 0.6 is 11.3 Å². The molecule has 1 saturated heterocycles. The van der Waals surface area contributed by atoms with Crippen molar-refractivity contribution in [3.8, 4) is 0 Å². The van der Waals surface area contributed by atoms with Crippen molar-refractivity contribution in [2.45, 2.75) is 37.8 Å². The smallest absolute Gasteiger partial charge is 0.252 e. The van der Waals surface area contributed by atoms with Crippen molar-refractivity contribution in [3.05, 3.63) is 17.0 Å². The lowest BCUT2D eigenvalue weighted by atomic mass is 10.0. The van der Waals surface area contributed by atoms with Crippen molar-refractivity contribution in [3.63, 3.8) is 0 Å². The summed E-state index contributed by atoms with van der Waals surface area (Å²) in [6.07, 6.45) is 1.67. The van der Waals surface area contributed by atoms with Crippen LogP contribution in [0.3, 0.4) is 0 Å². The van der Waals surface area contributed by atoms with Crippen molar-refractivity contribution < 1.29 is 13.2 Å². The van der Waals surface area contributed by atoms with Gasteiger partial charge in [0.15, 0.2) is 0 Å². The van der Waals surface area contributed by atoms with Gasteiger partial charge in [0.1, 0.15) is 4.21 Å². The van der Waals surface area contributed by atoms with Gasteiger partial charge in [-0.25, -0.2) is 8.42 Å². The summed E-state index contributed by atoms with van der Waals surface area (Å²) >= 11 is 1.30. The molecule has 7 heteroatoms. The zero-order valence-electron chi connectivity index (χ0n) is 13.4. The summed E-state index contributed by atoms with van der Waals surface area (Å²) in [5, 5.41) is 0. The van der Waals surface area contributed by atoms with Gasteiger partial charge >= 0.3 is 0 Å². The van der Waals surface area contributed by atoms with Gasteiger partial charge in [-0.15, -0.1) is 11.3 Å². The average molecular weight is 345 g/mol. The second-order valence-electron chi connectivity index (χ2n) is 5.61. The number of aryl methyl sites for hydroxylation is 1. The summed E-state index contributed by atoms with van der Waals surface area (Å²) in [4.78, 5) is 15.1. The standard InChI is InChI=1S/C15H24N2O3S2/c1-4-13(5-2)15(18)16-8-10-17(11-9-16)22(19,20)14-7-6-12(3)21-14/h6-7,13H,4-5,8-11H2,1-3H3. The van der Waals surface area contributed by atoms with Crippen LogP contribution in [-0.2, 0) is 14.8 Å². The van der Waals surface area contributed by atoms with Gasteiger partial charge in [-0.2, -0.15) is 4.31 Å². The molecule has 0 spiro atoms. The van der Waals surface area contributed by atoms with E-state index in [4.69, 9.17) is 0 Å². The Labute approximate surface area is 137 Å². The summed E-state index contributed by atoms with van der Waals surface area (Å²) in [5.74, 6) is 0.220. The summed E-state index contributed by atoms with van der Waals surface area (Å²) in [6, 6.07) is 3.49. The third-order valence-corrected chi connectivity index (χ3v) is 7.56. The second kappa shape index (κ2) is 7.10. The van der Waals surface area contributed by atoms with E-state index in [0.29, 0.717) is 30.4 Å². The first kappa shape index (κ1) is 17.4. The molecule has 1 amide bonds. The number of carbonyl (C=O) groups is 1. The van der Waals surface area contributed by atoms with Crippen LogP contribution in [-0.4, -0.2) is 49.7 Å². The Morgan fingerprint density at radius 3 is 2.23 bits per heavy atom. The molecule has 124 valence electrons. The Kier molecular flexibility index (Phi) is 5.63. The van der Waals surface area contributed by atoms with E-state index in [1.165, 1.54) is 15.6 Å². The number of carbonyl (C=O) groups excluding carboxylic acids is 1. The molecule has 0 atom stereocenters. The van der Waals surface area contributed by atoms with Gasteiger partial charge in [0.25, 0.3) is 10.0 Å². The molecule has 1 aliphatic heterocycles. The molecule has 1 aromatic rings. The minimum atomic E-state index is -3.41. The molecule has 5 nitrogen and oxygen atoms in total. The Morgan fingerprint density at radius 1 is 1.18 bits per heavy atom. The first-order chi connectivity index (χ1) is 10.4. The fraction of sp³-hybridized carbons (Fsp3) is 0.667. The molecule has 1 aliphatic rings. The third-order valence-electron chi connectivity index (χ3n) is 4.20. The molecular formula is C15H24N2O3S2. The van der Waals surface area contributed by atoms with Gasteiger partial charge in [-0.1, -0.05) is 13.8 Å². The summed E-state index contributed by atoms with van der Waals surface area (Å²) in [7, 11) is -3.41. The van der Waals surface area contributed by atoms with Crippen LogP contribution in [0.15, 0.2) is 16.3 Å². The number of hydrogen-bond donors (Lipinski definition) is 0. The summed E-state index contributed by atoms with van der Waals surface area (Å²) in [5.41, 5.74) is 0. The van der Waals surface area contributed by atoms with Crippen LogP contribution in [0.5, 0.6) is 0 Å². The van der Waals surface area contributed by atoms with Crippen LogP contribution in [0.25, 0.3) is 0 Å². The predicted molar refractivity (Wildman–Crippen MR) is 88.5 cm³/mol. The Morgan fingerprint density at radius 2 is 1.77 bits per heavy atom. The van der Waals surface area contributed by atoms with Crippen LogP contribution in [0.1, 0.15) is 31.6 Å². The first-order valence-corrected chi connectivity index (χ1v) is 10.0. The van der Waals surface area contributed by atoms with Gasteiger partial charge in [-0.3, -0.25) is 4.79 Å². The fourth-order valence-corrected chi connectivity index (χ4v) is 5.58. The quantitative estimate of drug-likeness (QED) is 0.824. The van der Waals surface area contributed by atoms with E-state index in [9.17, 15) is 13.2 Å². The number of hydrogen-bond acceptors (Lipinski definition) is 4. The van der Waals surface area contributed by atoms with Crippen LogP contribution < -0.4 is 0 Å². The highest BCUT2D eigenvalue weighted by Gasteiger charge is 2.32. The molecular weight excluding hydrogens is 320 g/mol. The molecule has 2 heterocycles. The van der Waals surface area contributed by atoms with Crippen LogP contribution in [0.4, 0.5) is 0 Å². The normalized spacial score (nSPS) is 17.2. The molecule has 1 fully saturated rings. The third kappa shape index (κ3) is 3.52. The lowest BCUT2D eigenvalue weighted by Crippen LogP contribution is -2.51. The number of piperazine rings is 1. The van der Waals surface area contributed by atoms with Crippen molar-refractivity contribution in [2.24, 2.45) is 5.92 Å². The van der Waals surface area contributed by atoms with E-state index in [2.05, 4.69) is 0 Å². The maximum atomic E-state index is 12.6. The van der Waals surface area contributed by atoms with E-state index in [-0.39, 0.29) is 11.8 Å². The largest absolute Gasteiger partial charge is 0.340 e. The highest BCUT2D eigenvalue weighted by Crippen LogP contribution is 2.25. The number of nitrogens with zero attached hydrogens (tertiary/aromatic N) is 2. The number of amides is 1. The van der Waals surface area contributed by atoms with Crippen LogP contribution in [0, 0.1) is 12.8 Å². The van der Waals surface area contributed by atoms with Crippen molar-refractivity contribution in [1.29, 1.82) is 0 Å². The molecule has 0 unspecified atom stereocenters. The highest BCUT2D eigenvalue weighted by molar-refractivity contribution is 7.91. The van der Waals surface area contributed by atoms with Gasteiger partial charge in [-0.05, 0) is 31.9 Å². The SMILES string of the molecule is CCC(CC)C(=O)N1CCN(S(=O)(=O)c2ccc(C)s2)CC1. The van der Waals surface area contributed by atoms with Gasteiger partial charge in [0, 0.05) is 37.0 Å². The van der Waals surface area contributed by atoms with E-state index in [1.807, 2.05) is 31.7 Å². The second-order valence-corrected chi connectivity index (χ2v) is 9.06. The molecule has 2 rings (SSSR count). The summed E-state index contributed by atoms with van der Waals surface area (Å²) in [6.45, 7) is 7.67. The molecule has 0 bridgehead atoms. The van der Waals surface area contributed by atoms with Crippen molar-refractivity contribution >= 4 is 27.3 Å². The molecule has 0 saturated carbocycles. The van der Waals surface area contributed by atoms with E-state index in [1.54, 1.807) is 6.07 Å². The van der Waals surface area contributed by atoms with Gasteiger partial charge < -0.3 is 4.90 Å². The number of sulfonamides is 1. The van der Waals surface area contributed by atoms with Crippen molar-refractivity contribution in [1.82, 2.24) is 9.21 Å². The Hall–Kier alpha value is -0.920. The van der Waals surface area contributed by atoms with E-state index in [0.717, 1.165) is 17.7 Å². The monoisotopic (exact) mass is 344 g/mol. The van der Waals surface area contributed by atoms with E-state index >= 15 is 0 Å². The zero-order valence-corrected chi connectivity index (χ0v) is 15.0. The van der Waals surface area contributed by atoms with Crippen molar-refractivity contribution in [2.75, 3.05) is 26.2 Å². The molecule has 22 heavy (non-hydrogen) atoms. The summed E-state index contributed by atoms with van der Waals surface area (Å²) < 4.78 is 27.0. The number of rotatable bonds is 5. The highest BCUT2D eigenvalue weighted by atomic mass is 32.2. The van der Waals surface area contributed by atoms with Crippen LogP contribution in [0.2, 0.25) is 0 Å². The molecule has 0 N–H and O–H groups in total. The lowest BCUT2D eigenvalue weighted by molar-refractivity contribution is -0.136. The topological polar surface area (TPSA) is 57.7 Å². The molecule has 0 radical (unpaired) electrons. The number of thiophene rings is 1. The maximum absolute atomic E-state index is 12.6. The molecule has 0 aliphatic carbocycles.